The van der Waals surface area contributed by atoms with Crippen LogP contribution in [-0.2, 0) is 6.42 Å². The van der Waals surface area contributed by atoms with Crippen molar-refractivity contribution < 1.29 is 0 Å². The molecule has 3 rings (SSSR count). The molecule has 0 spiro atoms. The van der Waals surface area contributed by atoms with Gasteiger partial charge in [-0.3, -0.25) is 4.98 Å². The number of benzene rings is 1. The summed E-state index contributed by atoms with van der Waals surface area (Å²) in [4.78, 5) is 4.91. The average Bonchev–Trinajstić information content (AvgIpc) is 2.45. The van der Waals surface area contributed by atoms with Crippen LogP contribution in [0.1, 0.15) is 44.9 Å². The van der Waals surface area contributed by atoms with Crippen molar-refractivity contribution in [2.75, 3.05) is 11.9 Å². The van der Waals surface area contributed by atoms with Crippen molar-refractivity contribution in [1.29, 1.82) is 0 Å². The number of para-hydroxylation sites is 1. The maximum absolute atomic E-state index is 4.91. The standard InChI is InChI=1S/C19H24N2/c1-4-5-12-20-18-14-8-6-7-9-16(14)21-17-13-19(2,3)11-10-15(17)18/h6-11H,4-5,12-13H2,1-3H3,(H,20,21). The lowest BCUT2D eigenvalue weighted by atomic mass is 9.81. The number of allylic oxidation sites excluding steroid dienone is 1. The van der Waals surface area contributed by atoms with Crippen molar-refractivity contribution in [3.8, 4) is 0 Å². The van der Waals surface area contributed by atoms with Crippen LogP contribution in [0.2, 0.25) is 0 Å². The lowest BCUT2D eigenvalue weighted by molar-refractivity contribution is 0.469. The molecule has 1 aromatic carbocycles. The van der Waals surface area contributed by atoms with E-state index in [-0.39, 0.29) is 5.41 Å². The van der Waals surface area contributed by atoms with Gasteiger partial charge in [0.05, 0.1) is 16.9 Å². The van der Waals surface area contributed by atoms with Crippen molar-refractivity contribution in [2.45, 2.75) is 40.0 Å². The topological polar surface area (TPSA) is 24.9 Å². The van der Waals surface area contributed by atoms with Crippen LogP contribution in [0.3, 0.4) is 0 Å². The van der Waals surface area contributed by atoms with Gasteiger partial charge in [0.2, 0.25) is 0 Å². The molecule has 0 bridgehead atoms. The number of hydrogen-bond acceptors (Lipinski definition) is 2. The zero-order chi connectivity index (χ0) is 14.9. The lowest BCUT2D eigenvalue weighted by Crippen LogP contribution is -2.18. The van der Waals surface area contributed by atoms with E-state index >= 15 is 0 Å². The fourth-order valence-electron chi connectivity index (χ4n) is 2.97. The Morgan fingerprint density at radius 1 is 1.24 bits per heavy atom. The molecule has 0 amide bonds. The van der Waals surface area contributed by atoms with Crippen molar-refractivity contribution >= 4 is 22.7 Å². The van der Waals surface area contributed by atoms with Gasteiger partial charge in [-0.05, 0) is 24.3 Å². The molecule has 0 fully saturated rings. The number of aromatic nitrogens is 1. The van der Waals surface area contributed by atoms with Gasteiger partial charge in [-0.15, -0.1) is 0 Å². The summed E-state index contributed by atoms with van der Waals surface area (Å²) in [5.74, 6) is 0. The highest BCUT2D eigenvalue weighted by Gasteiger charge is 2.24. The first-order chi connectivity index (χ1) is 10.1. The Morgan fingerprint density at radius 2 is 2.05 bits per heavy atom. The molecule has 0 saturated carbocycles. The Kier molecular flexibility index (Phi) is 3.71. The van der Waals surface area contributed by atoms with Crippen molar-refractivity contribution in [3.63, 3.8) is 0 Å². The average molecular weight is 280 g/mol. The van der Waals surface area contributed by atoms with Gasteiger partial charge >= 0.3 is 0 Å². The molecule has 0 unspecified atom stereocenters. The predicted octanol–water partition coefficient (Wildman–Crippen LogP) is 5.04. The normalized spacial score (nSPS) is 16.0. The van der Waals surface area contributed by atoms with Gasteiger partial charge in [0.1, 0.15) is 0 Å². The zero-order valence-electron chi connectivity index (χ0n) is 13.2. The van der Waals surface area contributed by atoms with Gasteiger partial charge in [-0.2, -0.15) is 0 Å². The van der Waals surface area contributed by atoms with Crippen LogP contribution in [0.4, 0.5) is 5.69 Å². The number of nitrogens with zero attached hydrogens (tertiary/aromatic N) is 1. The Labute approximate surface area is 127 Å². The molecule has 2 aromatic rings. The van der Waals surface area contributed by atoms with E-state index in [1.165, 1.54) is 35.2 Å². The first kappa shape index (κ1) is 14.1. The second-order valence-corrected chi connectivity index (χ2v) is 6.64. The van der Waals surface area contributed by atoms with Gasteiger partial charge in [0.15, 0.2) is 0 Å². The molecule has 0 radical (unpaired) electrons. The molecule has 1 heterocycles. The summed E-state index contributed by atoms with van der Waals surface area (Å²) in [6.45, 7) is 7.79. The highest BCUT2D eigenvalue weighted by Crippen LogP contribution is 2.37. The van der Waals surface area contributed by atoms with E-state index in [2.05, 4.69) is 62.5 Å². The fraction of sp³-hybridized carbons (Fsp3) is 0.421. The second-order valence-electron chi connectivity index (χ2n) is 6.64. The molecule has 2 heteroatoms. The number of nitrogens with one attached hydrogen (secondary N) is 1. The highest BCUT2D eigenvalue weighted by atomic mass is 14.9. The Balaban J connectivity index is 2.13. The maximum atomic E-state index is 4.91. The van der Waals surface area contributed by atoms with Crippen LogP contribution in [0, 0.1) is 5.41 Å². The molecule has 1 N–H and O–H groups in total. The summed E-state index contributed by atoms with van der Waals surface area (Å²) in [5, 5.41) is 4.89. The Bertz CT molecular complexity index is 683. The van der Waals surface area contributed by atoms with E-state index in [0.29, 0.717) is 0 Å². The third-order valence-electron chi connectivity index (χ3n) is 4.17. The minimum Gasteiger partial charge on any atom is -0.384 e. The molecule has 1 aliphatic rings. The number of pyridine rings is 1. The number of fused-ring (bicyclic) bond motifs is 2. The number of rotatable bonds is 4. The molecule has 21 heavy (non-hydrogen) atoms. The molecule has 0 aliphatic heterocycles. The molecule has 2 nitrogen and oxygen atoms in total. The predicted molar refractivity (Wildman–Crippen MR) is 91.7 cm³/mol. The molecular weight excluding hydrogens is 256 g/mol. The van der Waals surface area contributed by atoms with Crippen LogP contribution in [0.15, 0.2) is 30.3 Å². The van der Waals surface area contributed by atoms with E-state index in [1.54, 1.807) is 0 Å². The van der Waals surface area contributed by atoms with Crippen molar-refractivity contribution in [2.24, 2.45) is 5.41 Å². The lowest BCUT2D eigenvalue weighted by Gasteiger charge is -2.27. The van der Waals surface area contributed by atoms with Crippen molar-refractivity contribution in [3.05, 3.63) is 41.6 Å². The first-order valence-corrected chi connectivity index (χ1v) is 7.95. The Hall–Kier alpha value is -1.83. The van der Waals surface area contributed by atoms with Gasteiger partial charge in [0, 0.05) is 17.5 Å². The summed E-state index contributed by atoms with van der Waals surface area (Å²) in [5.41, 5.74) is 5.06. The Morgan fingerprint density at radius 3 is 2.86 bits per heavy atom. The van der Waals surface area contributed by atoms with E-state index in [0.717, 1.165) is 18.5 Å². The summed E-state index contributed by atoms with van der Waals surface area (Å²) < 4.78 is 0. The van der Waals surface area contributed by atoms with Gasteiger partial charge < -0.3 is 5.32 Å². The molecule has 0 atom stereocenters. The molecule has 110 valence electrons. The number of anilines is 1. The van der Waals surface area contributed by atoms with Crippen LogP contribution in [0.5, 0.6) is 0 Å². The van der Waals surface area contributed by atoms with Crippen LogP contribution in [-0.4, -0.2) is 11.5 Å². The largest absolute Gasteiger partial charge is 0.384 e. The first-order valence-electron chi connectivity index (χ1n) is 7.95. The van der Waals surface area contributed by atoms with Crippen LogP contribution < -0.4 is 5.32 Å². The third-order valence-corrected chi connectivity index (χ3v) is 4.17. The highest BCUT2D eigenvalue weighted by molar-refractivity contribution is 5.96. The SMILES string of the molecule is CCCCNc1c2c(nc3ccccc13)CC(C)(C)C=C2. The van der Waals surface area contributed by atoms with Gasteiger partial charge in [0.25, 0.3) is 0 Å². The number of unbranched alkanes of at least 4 members (excludes halogenated alkanes) is 1. The fourth-order valence-corrected chi connectivity index (χ4v) is 2.97. The summed E-state index contributed by atoms with van der Waals surface area (Å²) in [6.07, 6.45) is 7.98. The van der Waals surface area contributed by atoms with E-state index in [1.807, 2.05) is 0 Å². The molecule has 1 aliphatic carbocycles. The van der Waals surface area contributed by atoms with E-state index in [9.17, 15) is 0 Å². The minimum absolute atomic E-state index is 0.198. The third kappa shape index (κ3) is 2.80. The van der Waals surface area contributed by atoms with Gasteiger partial charge in [-0.1, -0.05) is 57.5 Å². The second kappa shape index (κ2) is 5.51. The molecular formula is C19H24N2. The minimum atomic E-state index is 0.198. The maximum Gasteiger partial charge on any atom is 0.0726 e. The summed E-state index contributed by atoms with van der Waals surface area (Å²) >= 11 is 0. The number of hydrogen-bond donors (Lipinski definition) is 1. The smallest absolute Gasteiger partial charge is 0.0726 e. The van der Waals surface area contributed by atoms with Gasteiger partial charge in [-0.25, -0.2) is 0 Å². The summed E-state index contributed by atoms with van der Waals surface area (Å²) in [6, 6.07) is 8.45. The van der Waals surface area contributed by atoms with Crippen LogP contribution in [0.25, 0.3) is 17.0 Å². The monoisotopic (exact) mass is 280 g/mol. The van der Waals surface area contributed by atoms with Crippen molar-refractivity contribution in [1.82, 2.24) is 4.98 Å². The zero-order valence-corrected chi connectivity index (χ0v) is 13.2. The summed E-state index contributed by atoms with van der Waals surface area (Å²) in [7, 11) is 0. The molecule has 0 saturated heterocycles. The quantitative estimate of drug-likeness (QED) is 0.793. The van der Waals surface area contributed by atoms with E-state index < -0.39 is 0 Å². The van der Waals surface area contributed by atoms with E-state index in [4.69, 9.17) is 4.98 Å². The molecule has 1 aromatic heterocycles. The van der Waals surface area contributed by atoms with Crippen LogP contribution >= 0.6 is 0 Å².